The van der Waals surface area contributed by atoms with Crippen molar-refractivity contribution < 1.29 is 110 Å². The molecule has 0 rings (SSSR count). The highest BCUT2D eigenvalue weighted by molar-refractivity contribution is 5.08. The van der Waals surface area contributed by atoms with Crippen molar-refractivity contribution in [2.24, 2.45) is 0 Å². The van der Waals surface area contributed by atoms with Crippen molar-refractivity contribution in [3.8, 4) is 0 Å². The largest absolute Gasteiger partial charge is 0.437 e. The molecule has 2 unspecified atom stereocenters. The zero-order chi connectivity index (χ0) is 32.3. The van der Waals surface area contributed by atoms with Crippen LogP contribution in [0.1, 0.15) is 12.8 Å². The van der Waals surface area contributed by atoms with Gasteiger partial charge in [0.1, 0.15) is 0 Å². The third-order valence-corrected chi connectivity index (χ3v) is 4.51. The van der Waals surface area contributed by atoms with E-state index in [2.05, 4.69) is 4.74 Å². The maximum atomic E-state index is 13.6. The van der Waals surface area contributed by atoms with Crippen LogP contribution in [-0.4, -0.2) is 72.4 Å². The summed E-state index contributed by atoms with van der Waals surface area (Å²) in [4.78, 5) is 0. The van der Waals surface area contributed by atoms with Crippen molar-refractivity contribution in [3.63, 3.8) is 0 Å². The first-order valence-electron chi connectivity index (χ1n) is 8.61. The van der Waals surface area contributed by atoms with Crippen LogP contribution in [0.4, 0.5) is 105 Å². The van der Waals surface area contributed by atoms with Crippen molar-refractivity contribution in [1.82, 2.24) is 0 Å². The summed E-state index contributed by atoms with van der Waals surface area (Å²) in [6.07, 6.45) is -66.0. The smallest absolute Gasteiger partial charge is 0.356 e. The van der Waals surface area contributed by atoms with E-state index in [9.17, 15) is 105 Å². The molecule has 1 nitrogen and oxygen atoms in total. The van der Waals surface area contributed by atoms with E-state index in [4.69, 9.17) is 0 Å². The summed E-state index contributed by atoms with van der Waals surface area (Å²) < 4.78 is 311. The predicted molar refractivity (Wildman–Crippen MR) is 71.8 cm³/mol. The van der Waals surface area contributed by atoms with Crippen LogP contribution in [0.25, 0.3) is 0 Å². The van der Waals surface area contributed by atoms with Crippen LogP contribution in [0, 0.1) is 0 Å². The molecule has 0 spiro atoms. The quantitative estimate of drug-likeness (QED) is 0.240. The lowest BCUT2D eigenvalue weighted by Gasteiger charge is -2.40. The van der Waals surface area contributed by atoms with Crippen LogP contribution in [0.2, 0.25) is 0 Å². The van der Waals surface area contributed by atoms with Gasteiger partial charge in [-0.2, -0.15) is 79.0 Å². The average molecular weight is 646 g/mol. The zero-order valence-corrected chi connectivity index (χ0v) is 17.0. The lowest BCUT2D eigenvalue weighted by atomic mass is 9.90. The molecule has 25 heteroatoms. The van der Waals surface area contributed by atoms with E-state index in [1.165, 1.54) is 0 Å². The van der Waals surface area contributed by atoms with Gasteiger partial charge < -0.3 is 4.74 Å². The lowest BCUT2D eigenvalue weighted by Crippen LogP contribution is -2.66. The summed E-state index contributed by atoms with van der Waals surface area (Å²) in [7, 11) is 0. The predicted octanol–water partition coefficient (Wildman–Crippen LogP) is 8.58. The minimum Gasteiger partial charge on any atom is -0.356 e. The molecule has 39 heavy (non-hydrogen) atoms. The highest BCUT2D eigenvalue weighted by Gasteiger charge is 2.86. The van der Waals surface area contributed by atoms with Gasteiger partial charge in [0.25, 0.3) is 0 Å². The SMILES string of the molecule is FC(F)(F)C(CC(F)(F)C(F)(C(F)(F)F)C(F)(F)F)OC(CC(F)(F)C(F)(C(F)(F)F)C(F)(F)F)C(F)(F)F. The Morgan fingerprint density at radius 3 is 0.641 bits per heavy atom. The summed E-state index contributed by atoms with van der Waals surface area (Å²) in [6.45, 7) is 0. The first-order valence-corrected chi connectivity index (χ1v) is 8.61. The van der Waals surface area contributed by atoms with E-state index in [1.807, 2.05) is 0 Å². The number of hydrogen-bond donors (Lipinski definition) is 0. The lowest BCUT2D eigenvalue weighted by molar-refractivity contribution is -0.409. The molecule has 0 radical (unpaired) electrons. The molecule has 0 aliphatic rings. The Bertz CT molecular complexity index is 721. The fourth-order valence-corrected chi connectivity index (χ4v) is 2.58. The summed E-state index contributed by atoms with van der Waals surface area (Å²) in [5.74, 6) is -15.1. The van der Waals surface area contributed by atoms with Gasteiger partial charge in [-0.1, -0.05) is 0 Å². The Hall–Kier alpha value is -1.72. The molecular weight excluding hydrogens is 640 g/mol. The Morgan fingerprint density at radius 1 is 0.333 bits per heavy atom. The van der Waals surface area contributed by atoms with Crippen LogP contribution in [-0.2, 0) is 4.74 Å². The minimum atomic E-state index is -8.02. The molecule has 0 aliphatic carbocycles. The second kappa shape index (κ2) is 9.98. The second-order valence-electron chi connectivity index (χ2n) is 7.32. The molecule has 0 aromatic heterocycles. The molecule has 0 saturated heterocycles. The highest BCUT2D eigenvalue weighted by atomic mass is 19.4. The zero-order valence-electron chi connectivity index (χ0n) is 17.0. The van der Waals surface area contributed by atoms with Gasteiger partial charge in [-0.05, 0) is 0 Å². The van der Waals surface area contributed by atoms with Crippen LogP contribution in [0.3, 0.4) is 0 Å². The summed E-state index contributed by atoms with van der Waals surface area (Å²) in [5, 5.41) is 0. The van der Waals surface area contributed by atoms with Gasteiger partial charge in [-0.15, -0.1) is 0 Å². The van der Waals surface area contributed by atoms with Gasteiger partial charge in [0.15, 0.2) is 12.2 Å². The molecular formula is C14H6F24O. The Morgan fingerprint density at radius 2 is 0.513 bits per heavy atom. The van der Waals surface area contributed by atoms with Crippen molar-refractivity contribution in [1.29, 1.82) is 0 Å². The molecule has 236 valence electrons. The van der Waals surface area contributed by atoms with E-state index >= 15 is 0 Å². The second-order valence-corrected chi connectivity index (χ2v) is 7.32. The standard InChI is InChI=1S/C14H6F24O/c15-5(16,9(25,11(27,28)29)12(30,31)32)1-3(7(19,20)21)39-4(8(22,23)24)2-6(17,18)10(26,13(33,34)35)14(36,37)38/h3-4H,1-2H2. The molecule has 2 atom stereocenters. The normalized spacial score (nSPS) is 17.8. The van der Waals surface area contributed by atoms with Crippen molar-refractivity contribution in [3.05, 3.63) is 0 Å². The molecule has 0 aromatic rings. The summed E-state index contributed by atoms with van der Waals surface area (Å²) in [5.41, 5.74) is -16.0. The first-order chi connectivity index (χ1) is 16.4. The highest BCUT2D eigenvalue weighted by Crippen LogP contribution is 2.59. The Kier molecular flexibility index (Phi) is 9.54. The molecule has 0 amide bonds. The van der Waals surface area contributed by atoms with Gasteiger partial charge in [0.05, 0.1) is 12.8 Å². The van der Waals surface area contributed by atoms with E-state index in [-0.39, 0.29) is 0 Å². The maximum Gasteiger partial charge on any atom is 0.437 e. The van der Waals surface area contributed by atoms with Crippen molar-refractivity contribution in [2.45, 2.75) is 85.3 Å². The van der Waals surface area contributed by atoms with E-state index in [1.54, 1.807) is 0 Å². The molecule has 0 fully saturated rings. The Labute approximate surface area is 197 Å². The Balaban J connectivity index is 6.86. The molecule has 0 aromatic carbocycles. The number of alkyl halides is 24. The first kappa shape index (κ1) is 37.3. The molecule has 0 heterocycles. The van der Waals surface area contributed by atoms with Crippen LogP contribution >= 0.6 is 0 Å². The summed E-state index contributed by atoms with van der Waals surface area (Å²) in [6, 6.07) is 0. The fraction of sp³-hybridized carbons (Fsp3) is 1.00. The number of ether oxygens (including phenoxy) is 1. The van der Waals surface area contributed by atoms with Gasteiger partial charge in [0.2, 0.25) is 0 Å². The number of halogens is 24. The molecule has 0 N–H and O–H groups in total. The monoisotopic (exact) mass is 646 g/mol. The third-order valence-electron chi connectivity index (χ3n) is 4.51. The molecule has 0 bridgehead atoms. The maximum absolute atomic E-state index is 13.6. The van der Waals surface area contributed by atoms with Crippen molar-refractivity contribution in [2.75, 3.05) is 0 Å². The average Bonchev–Trinajstić information content (AvgIpc) is 2.59. The van der Waals surface area contributed by atoms with Gasteiger partial charge in [-0.3, -0.25) is 0 Å². The molecule has 0 saturated carbocycles. The van der Waals surface area contributed by atoms with E-state index in [0.717, 1.165) is 0 Å². The topological polar surface area (TPSA) is 9.23 Å². The van der Waals surface area contributed by atoms with Crippen molar-refractivity contribution >= 4 is 0 Å². The van der Waals surface area contributed by atoms with E-state index < -0.39 is 85.3 Å². The fourth-order valence-electron chi connectivity index (χ4n) is 2.58. The van der Waals surface area contributed by atoms with Crippen LogP contribution < -0.4 is 0 Å². The van der Waals surface area contributed by atoms with Crippen LogP contribution in [0.15, 0.2) is 0 Å². The number of rotatable bonds is 8. The molecule has 0 aliphatic heterocycles. The summed E-state index contributed by atoms with van der Waals surface area (Å²) >= 11 is 0. The number of hydrogen-bond acceptors (Lipinski definition) is 1. The van der Waals surface area contributed by atoms with E-state index in [0.29, 0.717) is 0 Å². The van der Waals surface area contributed by atoms with Crippen LogP contribution in [0.5, 0.6) is 0 Å². The van der Waals surface area contributed by atoms with Gasteiger partial charge in [-0.25, -0.2) is 26.3 Å². The van der Waals surface area contributed by atoms with Gasteiger partial charge in [0, 0.05) is 0 Å². The third kappa shape index (κ3) is 6.96. The minimum absolute atomic E-state index is 2.48. The van der Waals surface area contributed by atoms with Gasteiger partial charge >= 0.3 is 60.2 Å².